The van der Waals surface area contributed by atoms with E-state index in [1.165, 1.54) is 0 Å². The third-order valence-corrected chi connectivity index (χ3v) is 3.86. The summed E-state index contributed by atoms with van der Waals surface area (Å²) in [5.41, 5.74) is 3.41. The van der Waals surface area contributed by atoms with Crippen LogP contribution in [0.4, 0.5) is 0 Å². The fraction of sp³-hybridized carbons (Fsp3) is 0. The van der Waals surface area contributed by atoms with E-state index in [4.69, 9.17) is 0 Å². The van der Waals surface area contributed by atoms with Gasteiger partial charge in [0, 0.05) is 17.5 Å². The van der Waals surface area contributed by atoms with E-state index in [1.54, 1.807) is 0 Å². The summed E-state index contributed by atoms with van der Waals surface area (Å²) in [5, 5.41) is 2.04. The Balaban J connectivity index is 2.13. The van der Waals surface area contributed by atoms with Crippen LogP contribution >= 0.6 is 0 Å². The summed E-state index contributed by atoms with van der Waals surface area (Å²) < 4.78 is 0. The maximum absolute atomic E-state index is 12.9. The zero-order valence-electron chi connectivity index (χ0n) is 11.3. The first-order valence-corrected chi connectivity index (χ1v) is 6.93. The maximum atomic E-state index is 12.9. The number of fused-ring (bicyclic) bond motifs is 3. The molecule has 0 aromatic heterocycles. The minimum Gasteiger partial charge on any atom is -0.360 e. The van der Waals surface area contributed by atoms with Crippen molar-refractivity contribution in [1.29, 1.82) is 0 Å². The molecule has 2 nitrogen and oxygen atoms in total. The Morgan fingerprint density at radius 2 is 1.52 bits per heavy atom. The molecule has 0 atom stereocenters. The summed E-state index contributed by atoms with van der Waals surface area (Å²) in [4.78, 5) is 16.1. The Kier molecular flexibility index (Phi) is 2.61. The molecule has 0 unspecified atom stereocenters. The van der Waals surface area contributed by atoms with Crippen LogP contribution < -0.4 is 5.43 Å². The number of nitrogens with one attached hydrogen (secondary N) is 1. The third-order valence-electron chi connectivity index (χ3n) is 3.86. The van der Waals surface area contributed by atoms with E-state index in [-0.39, 0.29) is 5.43 Å². The van der Waals surface area contributed by atoms with Crippen molar-refractivity contribution in [2.75, 3.05) is 0 Å². The standard InChI is InChI=1S/C19H13NO/c21-19-16(13-6-2-1-3-7-13)10-11-17-18(19)15-9-5-4-8-14(15)12-20-17/h1-12,20H. The Morgan fingerprint density at radius 3 is 2.38 bits per heavy atom. The van der Waals surface area contributed by atoms with Crippen LogP contribution in [0.1, 0.15) is 0 Å². The molecular weight excluding hydrogens is 258 g/mol. The molecule has 0 spiro atoms. The second-order valence-corrected chi connectivity index (χ2v) is 5.11. The lowest BCUT2D eigenvalue weighted by Crippen LogP contribution is -2.10. The number of hydrogen-bond acceptors (Lipinski definition) is 1. The summed E-state index contributed by atoms with van der Waals surface area (Å²) in [6.07, 6.45) is 1.94. The second-order valence-electron chi connectivity index (χ2n) is 5.11. The van der Waals surface area contributed by atoms with Crippen LogP contribution in [0, 0.1) is 0 Å². The van der Waals surface area contributed by atoms with Gasteiger partial charge in [-0.3, -0.25) is 4.79 Å². The van der Waals surface area contributed by atoms with E-state index in [9.17, 15) is 4.79 Å². The van der Waals surface area contributed by atoms with Gasteiger partial charge in [-0.2, -0.15) is 0 Å². The lowest BCUT2D eigenvalue weighted by molar-refractivity contribution is 1.33. The van der Waals surface area contributed by atoms with Crippen molar-refractivity contribution >= 4 is 10.8 Å². The van der Waals surface area contributed by atoms with Gasteiger partial charge in [-0.15, -0.1) is 0 Å². The van der Waals surface area contributed by atoms with Gasteiger partial charge in [0.1, 0.15) is 0 Å². The maximum Gasteiger partial charge on any atom is 0.196 e. The van der Waals surface area contributed by atoms with E-state index in [0.29, 0.717) is 0 Å². The molecule has 1 heterocycles. The quantitative estimate of drug-likeness (QED) is 0.514. The average Bonchev–Trinajstić information content (AvgIpc) is 2.55. The van der Waals surface area contributed by atoms with Crippen molar-refractivity contribution in [3.05, 3.63) is 83.2 Å². The van der Waals surface area contributed by atoms with Gasteiger partial charge in [0.25, 0.3) is 0 Å². The highest BCUT2D eigenvalue weighted by molar-refractivity contribution is 5.97. The number of pyridine rings is 1. The first kappa shape index (κ1) is 11.9. The number of benzene rings is 3. The van der Waals surface area contributed by atoms with E-state index in [0.717, 1.165) is 33.2 Å². The van der Waals surface area contributed by atoms with Crippen LogP contribution in [-0.2, 0) is 0 Å². The minimum atomic E-state index is 0.0757. The molecule has 1 N–H and O–H groups in total. The first-order chi connectivity index (χ1) is 10.3. The molecule has 100 valence electrons. The van der Waals surface area contributed by atoms with Gasteiger partial charge in [-0.05, 0) is 28.5 Å². The Morgan fingerprint density at radius 1 is 0.762 bits per heavy atom. The van der Waals surface area contributed by atoms with E-state index in [2.05, 4.69) is 4.98 Å². The summed E-state index contributed by atoms with van der Waals surface area (Å²) in [7, 11) is 0. The molecular formula is C19H13NO. The van der Waals surface area contributed by atoms with Gasteiger partial charge in [-0.25, -0.2) is 0 Å². The number of rotatable bonds is 1. The molecule has 2 aromatic rings. The van der Waals surface area contributed by atoms with Gasteiger partial charge in [0.2, 0.25) is 0 Å². The fourth-order valence-electron chi connectivity index (χ4n) is 2.82. The van der Waals surface area contributed by atoms with Crippen LogP contribution in [0.25, 0.3) is 33.2 Å². The molecule has 2 aliphatic rings. The Hall–Kier alpha value is -2.87. The highest BCUT2D eigenvalue weighted by Crippen LogP contribution is 2.28. The number of aromatic amines is 1. The molecule has 0 amide bonds. The van der Waals surface area contributed by atoms with Crippen molar-refractivity contribution in [2.45, 2.75) is 0 Å². The fourth-order valence-corrected chi connectivity index (χ4v) is 2.82. The molecule has 2 heteroatoms. The summed E-state index contributed by atoms with van der Waals surface area (Å²) in [6.45, 7) is 0. The van der Waals surface area contributed by atoms with E-state index in [1.807, 2.05) is 72.9 Å². The van der Waals surface area contributed by atoms with Crippen LogP contribution in [0.5, 0.6) is 0 Å². The molecule has 0 saturated carbocycles. The van der Waals surface area contributed by atoms with E-state index < -0.39 is 0 Å². The molecule has 1 aliphatic carbocycles. The Bertz CT molecular complexity index is 954. The third kappa shape index (κ3) is 1.84. The number of H-pyrrole nitrogens is 1. The van der Waals surface area contributed by atoms with Crippen molar-refractivity contribution in [2.24, 2.45) is 0 Å². The second kappa shape index (κ2) is 4.60. The van der Waals surface area contributed by atoms with Crippen LogP contribution in [0.15, 0.2) is 77.7 Å². The van der Waals surface area contributed by atoms with Gasteiger partial charge in [-0.1, -0.05) is 54.6 Å². The number of hydrogen-bond donors (Lipinski definition) is 1. The SMILES string of the molecule is O=c1c(-c2ccccc2)ccc2[nH]cc3ccccc3c1-2. The molecule has 0 fully saturated rings. The summed E-state index contributed by atoms with van der Waals surface area (Å²) in [5.74, 6) is 0. The molecule has 21 heavy (non-hydrogen) atoms. The monoisotopic (exact) mass is 271 g/mol. The van der Waals surface area contributed by atoms with Crippen LogP contribution in [-0.4, -0.2) is 4.98 Å². The largest absolute Gasteiger partial charge is 0.360 e. The first-order valence-electron chi connectivity index (χ1n) is 6.93. The van der Waals surface area contributed by atoms with E-state index >= 15 is 0 Å². The number of aromatic nitrogens is 1. The Labute approximate surface area is 122 Å². The smallest absolute Gasteiger partial charge is 0.196 e. The molecule has 4 rings (SSSR count). The van der Waals surface area contributed by atoms with Gasteiger partial charge < -0.3 is 4.98 Å². The lowest BCUT2D eigenvalue weighted by atomic mass is 9.95. The van der Waals surface area contributed by atoms with Crippen LogP contribution in [0.2, 0.25) is 0 Å². The summed E-state index contributed by atoms with van der Waals surface area (Å²) in [6, 6.07) is 21.6. The lowest BCUT2D eigenvalue weighted by Gasteiger charge is -2.11. The van der Waals surface area contributed by atoms with Crippen molar-refractivity contribution in [3.63, 3.8) is 0 Å². The topological polar surface area (TPSA) is 32.9 Å². The summed E-state index contributed by atoms with van der Waals surface area (Å²) >= 11 is 0. The normalized spacial score (nSPS) is 11.0. The van der Waals surface area contributed by atoms with Gasteiger partial charge in [0.15, 0.2) is 5.43 Å². The minimum absolute atomic E-state index is 0.0757. The van der Waals surface area contributed by atoms with Crippen LogP contribution in [0.3, 0.4) is 0 Å². The highest BCUT2D eigenvalue weighted by atomic mass is 16.1. The zero-order valence-corrected chi connectivity index (χ0v) is 11.3. The highest BCUT2D eigenvalue weighted by Gasteiger charge is 2.14. The molecule has 1 aliphatic heterocycles. The average molecular weight is 271 g/mol. The van der Waals surface area contributed by atoms with Crippen molar-refractivity contribution < 1.29 is 0 Å². The van der Waals surface area contributed by atoms with Gasteiger partial charge >= 0.3 is 0 Å². The predicted octanol–water partition coefficient (Wildman–Crippen LogP) is 4.30. The molecule has 2 aromatic carbocycles. The zero-order chi connectivity index (χ0) is 14.2. The molecule has 0 bridgehead atoms. The van der Waals surface area contributed by atoms with Gasteiger partial charge in [0.05, 0.1) is 5.56 Å². The molecule has 0 saturated heterocycles. The van der Waals surface area contributed by atoms with Crippen molar-refractivity contribution in [3.8, 4) is 22.4 Å². The predicted molar refractivity (Wildman–Crippen MR) is 86.6 cm³/mol. The van der Waals surface area contributed by atoms with Crippen molar-refractivity contribution in [1.82, 2.24) is 4.98 Å². The molecule has 0 radical (unpaired) electrons.